The first kappa shape index (κ1) is 15.2. The second-order valence-corrected chi connectivity index (χ2v) is 7.72. The number of aromatic nitrogens is 1. The van der Waals surface area contributed by atoms with Crippen LogP contribution in [0, 0.1) is 3.57 Å². The molecule has 0 amide bonds. The molecule has 1 N–H and O–H groups in total. The molecule has 23 heavy (non-hydrogen) atoms. The fourth-order valence-electron chi connectivity index (χ4n) is 3.76. The van der Waals surface area contributed by atoms with Gasteiger partial charge in [-0.3, -0.25) is 4.90 Å². The molecule has 2 aromatic carbocycles. The number of nitrogens with one attached hydrogen (secondary N) is 1. The van der Waals surface area contributed by atoms with Crippen LogP contribution in [0.4, 0.5) is 0 Å². The Morgan fingerprint density at radius 2 is 1.91 bits per heavy atom. The van der Waals surface area contributed by atoms with Gasteiger partial charge in [0.2, 0.25) is 0 Å². The summed E-state index contributed by atoms with van der Waals surface area (Å²) in [4.78, 5) is 6.20. The van der Waals surface area contributed by atoms with E-state index in [1.54, 1.807) is 0 Å². The van der Waals surface area contributed by atoms with E-state index in [0.29, 0.717) is 6.04 Å². The van der Waals surface area contributed by atoms with Crippen molar-refractivity contribution in [2.24, 2.45) is 0 Å². The molecule has 0 aliphatic carbocycles. The van der Waals surface area contributed by atoms with Crippen molar-refractivity contribution in [2.45, 2.75) is 25.3 Å². The Bertz CT molecular complexity index is 819. The van der Waals surface area contributed by atoms with Gasteiger partial charge in [-0.2, -0.15) is 0 Å². The van der Waals surface area contributed by atoms with Gasteiger partial charge in [-0.1, -0.05) is 30.3 Å². The van der Waals surface area contributed by atoms with Gasteiger partial charge in [0.1, 0.15) is 0 Å². The molecule has 0 saturated heterocycles. The van der Waals surface area contributed by atoms with Gasteiger partial charge in [-0.05, 0) is 78.2 Å². The minimum Gasteiger partial charge on any atom is -0.357 e. The summed E-state index contributed by atoms with van der Waals surface area (Å²) in [5.74, 6) is 0. The minimum atomic E-state index is 0.491. The van der Waals surface area contributed by atoms with E-state index in [2.05, 4.69) is 88.1 Å². The number of fused-ring (bicyclic) bond motifs is 3. The second-order valence-electron chi connectivity index (χ2n) is 6.47. The molecule has 1 aromatic heterocycles. The van der Waals surface area contributed by atoms with Crippen LogP contribution >= 0.6 is 22.6 Å². The van der Waals surface area contributed by atoms with Gasteiger partial charge in [0.15, 0.2) is 0 Å². The highest BCUT2D eigenvalue weighted by Gasteiger charge is 2.27. The van der Waals surface area contributed by atoms with Crippen molar-refractivity contribution < 1.29 is 0 Å². The van der Waals surface area contributed by atoms with Gasteiger partial charge in [0.05, 0.1) is 6.04 Å². The summed E-state index contributed by atoms with van der Waals surface area (Å²) in [6.45, 7) is 1.15. The average molecular weight is 416 g/mol. The molecule has 1 aliphatic rings. The zero-order valence-corrected chi connectivity index (χ0v) is 15.5. The molecule has 0 bridgehead atoms. The van der Waals surface area contributed by atoms with Crippen molar-refractivity contribution in [1.82, 2.24) is 9.88 Å². The average Bonchev–Trinajstić information content (AvgIpc) is 2.94. The number of benzene rings is 2. The molecule has 0 spiro atoms. The molecule has 0 radical (unpaired) electrons. The molecule has 4 rings (SSSR count). The Morgan fingerprint density at radius 1 is 1.13 bits per heavy atom. The highest BCUT2D eigenvalue weighted by Crippen LogP contribution is 2.36. The Hall–Kier alpha value is -1.33. The van der Waals surface area contributed by atoms with E-state index in [1.165, 1.54) is 31.3 Å². The van der Waals surface area contributed by atoms with Gasteiger partial charge >= 0.3 is 0 Å². The number of H-pyrrole nitrogens is 1. The van der Waals surface area contributed by atoms with Crippen molar-refractivity contribution in [3.05, 3.63) is 68.9 Å². The van der Waals surface area contributed by atoms with Gasteiger partial charge < -0.3 is 4.98 Å². The van der Waals surface area contributed by atoms with Crippen molar-refractivity contribution >= 4 is 33.5 Å². The van der Waals surface area contributed by atoms with Gasteiger partial charge in [0.25, 0.3) is 0 Å². The predicted octanol–water partition coefficient (Wildman–Crippen LogP) is 4.93. The summed E-state index contributed by atoms with van der Waals surface area (Å²) in [6.07, 6.45) is 3.44. The van der Waals surface area contributed by atoms with Gasteiger partial charge in [-0.25, -0.2) is 0 Å². The molecule has 118 valence electrons. The van der Waals surface area contributed by atoms with Crippen LogP contribution in [0.5, 0.6) is 0 Å². The maximum Gasteiger partial charge on any atom is 0.0501 e. The largest absolute Gasteiger partial charge is 0.357 e. The lowest BCUT2D eigenvalue weighted by atomic mass is 9.93. The number of rotatable bonds is 3. The normalized spacial score (nSPS) is 18.3. The highest BCUT2D eigenvalue weighted by molar-refractivity contribution is 14.1. The third-order valence-electron chi connectivity index (χ3n) is 5.05. The Morgan fingerprint density at radius 3 is 2.74 bits per heavy atom. The van der Waals surface area contributed by atoms with Crippen LogP contribution in [0.3, 0.4) is 0 Å². The molecule has 0 saturated carbocycles. The molecule has 1 atom stereocenters. The molecule has 3 aromatic rings. The van der Waals surface area contributed by atoms with E-state index in [0.717, 1.165) is 25.8 Å². The van der Waals surface area contributed by atoms with E-state index >= 15 is 0 Å². The van der Waals surface area contributed by atoms with Crippen molar-refractivity contribution in [1.29, 1.82) is 0 Å². The molecular weight excluding hydrogens is 395 g/mol. The molecule has 2 heterocycles. The second kappa shape index (κ2) is 6.29. The molecule has 2 nitrogen and oxygen atoms in total. The van der Waals surface area contributed by atoms with Crippen LogP contribution in [0.15, 0.2) is 48.5 Å². The summed E-state index contributed by atoms with van der Waals surface area (Å²) in [5, 5.41) is 1.41. The van der Waals surface area contributed by atoms with E-state index in [4.69, 9.17) is 0 Å². The lowest BCUT2D eigenvalue weighted by molar-refractivity contribution is 0.216. The van der Waals surface area contributed by atoms with E-state index in [9.17, 15) is 0 Å². The van der Waals surface area contributed by atoms with E-state index in [1.807, 2.05) is 0 Å². The topological polar surface area (TPSA) is 19.0 Å². The number of para-hydroxylation sites is 1. The Labute approximate surface area is 151 Å². The lowest BCUT2D eigenvalue weighted by Gasteiger charge is -2.33. The van der Waals surface area contributed by atoms with Crippen LogP contribution in [0.2, 0.25) is 0 Å². The van der Waals surface area contributed by atoms with E-state index in [-0.39, 0.29) is 0 Å². The number of halogens is 1. The van der Waals surface area contributed by atoms with Crippen LogP contribution in [-0.2, 0) is 12.8 Å². The van der Waals surface area contributed by atoms with Crippen LogP contribution in [0.25, 0.3) is 10.9 Å². The summed E-state index contributed by atoms with van der Waals surface area (Å²) < 4.78 is 1.30. The predicted molar refractivity (Wildman–Crippen MR) is 105 cm³/mol. The highest BCUT2D eigenvalue weighted by atomic mass is 127. The third-order valence-corrected chi connectivity index (χ3v) is 5.77. The smallest absolute Gasteiger partial charge is 0.0501 e. The lowest BCUT2D eigenvalue weighted by Crippen LogP contribution is -2.32. The van der Waals surface area contributed by atoms with Crippen molar-refractivity contribution in [3.8, 4) is 0 Å². The summed E-state index contributed by atoms with van der Waals surface area (Å²) >= 11 is 2.37. The quantitative estimate of drug-likeness (QED) is 0.600. The Kier molecular flexibility index (Phi) is 4.16. The number of aryl methyl sites for hydroxylation is 1. The first-order valence-corrected chi connectivity index (χ1v) is 9.34. The van der Waals surface area contributed by atoms with Crippen molar-refractivity contribution in [3.63, 3.8) is 0 Å². The first-order chi connectivity index (χ1) is 11.2. The zero-order valence-electron chi connectivity index (χ0n) is 13.3. The Balaban J connectivity index is 1.62. The molecule has 0 fully saturated rings. The molecule has 1 unspecified atom stereocenters. The fourth-order valence-corrected chi connectivity index (χ4v) is 4.12. The maximum absolute atomic E-state index is 3.70. The van der Waals surface area contributed by atoms with Crippen LogP contribution < -0.4 is 0 Å². The number of nitrogens with zero attached hydrogens (tertiary/aromatic N) is 1. The van der Waals surface area contributed by atoms with Gasteiger partial charge in [-0.15, -0.1) is 0 Å². The number of hydrogen-bond donors (Lipinski definition) is 1. The van der Waals surface area contributed by atoms with Crippen LogP contribution in [-0.4, -0.2) is 23.5 Å². The number of likely N-dealkylation sites (N-methyl/N-ethyl adjacent to an activating group) is 1. The zero-order chi connectivity index (χ0) is 15.8. The third kappa shape index (κ3) is 2.92. The van der Waals surface area contributed by atoms with Gasteiger partial charge in [0, 0.05) is 26.7 Å². The minimum absolute atomic E-state index is 0.491. The summed E-state index contributed by atoms with van der Waals surface area (Å²) in [7, 11) is 2.26. The SMILES string of the molecule is CN1CCc2c([nH]c3ccccc23)C1CCc1ccc(I)cc1. The molecular formula is C20H21IN2. The summed E-state index contributed by atoms with van der Waals surface area (Å²) in [5.41, 5.74) is 5.69. The fraction of sp³-hybridized carbons (Fsp3) is 0.300. The molecule has 3 heteroatoms. The molecule has 1 aliphatic heterocycles. The summed E-state index contributed by atoms with van der Waals surface area (Å²) in [6, 6.07) is 18.1. The van der Waals surface area contributed by atoms with E-state index < -0.39 is 0 Å². The number of aromatic amines is 1. The number of hydrogen-bond acceptors (Lipinski definition) is 1. The van der Waals surface area contributed by atoms with Crippen LogP contribution in [0.1, 0.15) is 29.3 Å². The monoisotopic (exact) mass is 416 g/mol. The standard InChI is InChI=1S/C20H21IN2/c1-23-13-12-17-16-4-2-3-5-18(16)22-20(17)19(23)11-8-14-6-9-15(21)10-7-14/h2-7,9-10,19,22H,8,11-13H2,1H3. The maximum atomic E-state index is 3.70. The van der Waals surface area contributed by atoms with Crippen molar-refractivity contribution in [2.75, 3.05) is 13.6 Å². The first-order valence-electron chi connectivity index (χ1n) is 8.26.